The SMILES string of the molecule is C=Cc1nc2c3ccccc3nc(SC)n2c1C=C. The van der Waals surface area contributed by atoms with Gasteiger partial charge >= 0.3 is 0 Å². The fourth-order valence-corrected chi connectivity index (χ4v) is 2.78. The van der Waals surface area contributed by atoms with E-state index in [-0.39, 0.29) is 0 Å². The van der Waals surface area contributed by atoms with Crippen LogP contribution in [0.25, 0.3) is 28.7 Å². The van der Waals surface area contributed by atoms with Crippen molar-refractivity contribution in [3.63, 3.8) is 0 Å². The molecular weight excluding hydrogens is 254 g/mol. The first-order valence-corrected chi connectivity index (χ1v) is 7.12. The lowest BCUT2D eigenvalue weighted by Crippen LogP contribution is -1.97. The minimum absolute atomic E-state index is 0.837. The van der Waals surface area contributed by atoms with Gasteiger partial charge in [0.2, 0.25) is 0 Å². The van der Waals surface area contributed by atoms with Crippen LogP contribution in [0.5, 0.6) is 0 Å². The molecule has 0 N–H and O–H groups in total. The number of hydrogen-bond acceptors (Lipinski definition) is 3. The summed E-state index contributed by atoms with van der Waals surface area (Å²) >= 11 is 1.60. The van der Waals surface area contributed by atoms with Gasteiger partial charge in [-0.05, 0) is 30.5 Å². The largest absolute Gasteiger partial charge is 0.271 e. The Morgan fingerprint density at radius 3 is 2.63 bits per heavy atom. The van der Waals surface area contributed by atoms with E-state index in [2.05, 4.69) is 23.1 Å². The zero-order chi connectivity index (χ0) is 13.4. The van der Waals surface area contributed by atoms with E-state index in [9.17, 15) is 0 Å². The molecule has 2 aromatic heterocycles. The summed E-state index contributed by atoms with van der Waals surface area (Å²) in [4.78, 5) is 9.34. The summed E-state index contributed by atoms with van der Waals surface area (Å²) in [5, 5.41) is 1.95. The lowest BCUT2D eigenvalue weighted by Gasteiger charge is -2.06. The van der Waals surface area contributed by atoms with Gasteiger partial charge in [0.15, 0.2) is 5.16 Å². The minimum atomic E-state index is 0.837. The van der Waals surface area contributed by atoms with Crippen LogP contribution >= 0.6 is 11.8 Å². The van der Waals surface area contributed by atoms with Gasteiger partial charge in [0.25, 0.3) is 0 Å². The molecule has 0 aliphatic carbocycles. The third-order valence-corrected chi connectivity index (χ3v) is 3.70. The highest BCUT2D eigenvalue weighted by atomic mass is 32.2. The fraction of sp³-hybridized carbons (Fsp3) is 0.0667. The average Bonchev–Trinajstić information content (AvgIpc) is 2.85. The van der Waals surface area contributed by atoms with E-state index in [1.165, 1.54) is 0 Å². The first-order valence-electron chi connectivity index (χ1n) is 5.90. The third kappa shape index (κ3) is 1.68. The molecule has 3 nitrogen and oxygen atoms in total. The monoisotopic (exact) mass is 267 g/mol. The normalized spacial score (nSPS) is 11.0. The molecule has 0 spiro atoms. The standard InChI is InChI=1S/C15H13N3S/c1-4-11-13(5-2)18-14(16-11)10-8-6-7-9-12(10)17-15(18)19-3/h4-9H,1-2H2,3H3. The van der Waals surface area contributed by atoms with Crippen LogP contribution in [0.1, 0.15) is 11.4 Å². The summed E-state index contributed by atoms with van der Waals surface area (Å²) in [5.74, 6) is 0. The van der Waals surface area contributed by atoms with Gasteiger partial charge in [0, 0.05) is 5.39 Å². The quantitative estimate of drug-likeness (QED) is 0.532. The molecule has 0 bridgehead atoms. The summed E-state index contributed by atoms with van der Waals surface area (Å²) in [6.45, 7) is 7.69. The van der Waals surface area contributed by atoms with E-state index >= 15 is 0 Å². The number of para-hydroxylation sites is 1. The third-order valence-electron chi connectivity index (χ3n) is 3.06. The van der Waals surface area contributed by atoms with Crippen LogP contribution in [0.15, 0.2) is 42.6 Å². The molecule has 1 aromatic carbocycles. The highest BCUT2D eigenvalue weighted by molar-refractivity contribution is 7.98. The van der Waals surface area contributed by atoms with Crippen molar-refractivity contribution in [3.05, 3.63) is 48.8 Å². The Morgan fingerprint density at radius 1 is 1.16 bits per heavy atom. The summed E-state index contributed by atoms with van der Waals surface area (Å²) in [7, 11) is 0. The van der Waals surface area contributed by atoms with E-state index in [4.69, 9.17) is 0 Å². The lowest BCUT2D eigenvalue weighted by atomic mass is 10.2. The van der Waals surface area contributed by atoms with E-state index in [0.29, 0.717) is 0 Å². The maximum absolute atomic E-state index is 4.68. The number of benzene rings is 1. The maximum atomic E-state index is 4.68. The number of rotatable bonds is 3. The Labute approximate surface area is 115 Å². The molecule has 0 saturated heterocycles. The van der Waals surface area contributed by atoms with Gasteiger partial charge in [-0.25, -0.2) is 9.97 Å². The molecule has 0 aliphatic rings. The van der Waals surface area contributed by atoms with Crippen molar-refractivity contribution in [1.29, 1.82) is 0 Å². The fourth-order valence-electron chi connectivity index (χ4n) is 2.22. The number of nitrogens with zero attached hydrogens (tertiary/aromatic N) is 3. The van der Waals surface area contributed by atoms with Crippen molar-refractivity contribution in [2.75, 3.05) is 6.26 Å². The smallest absolute Gasteiger partial charge is 0.174 e. The van der Waals surface area contributed by atoms with Crippen molar-refractivity contribution in [1.82, 2.24) is 14.4 Å². The number of thioether (sulfide) groups is 1. The van der Waals surface area contributed by atoms with Gasteiger partial charge in [-0.1, -0.05) is 37.1 Å². The first kappa shape index (κ1) is 12.0. The lowest BCUT2D eigenvalue weighted by molar-refractivity contribution is 0.923. The van der Waals surface area contributed by atoms with Gasteiger partial charge in [-0.15, -0.1) is 0 Å². The zero-order valence-corrected chi connectivity index (χ0v) is 11.4. The molecule has 0 radical (unpaired) electrons. The van der Waals surface area contributed by atoms with Crippen molar-refractivity contribution >= 4 is 40.5 Å². The van der Waals surface area contributed by atoms with Crippen molar-refractivity contribution < 1.29 is 0 Å². The molecule has 94 valence electrons. The van der Waals surface area contributed by atoms with Gasteiger partial charge in [0.05, 0.1) is 16.9 Å². The second-order valence-corrected chi connectivity index (χ2v) is 4.84. The zero-order valence-electron chi connectivity index (χ0n) is 10.6. The predicted molar refractivity (Wildman–Crippen MR) is 82.5 cm³/mol. The van der Waals surface area contributed by atoms with Crippen LogP contribution in [-0.2, 0) is 0 Å². The number of aromatic nitrogens is 3. The molecule has 0 saturated carbocycles. The van der Waals surface area contributed by atoms with E-state index in [1.54, 1.807) is 23.9 Å². The average molecular weight is 267 g/mol. The molecule has 0 amide bonds. The predicted octanol–water partition coefficient (Wildman–Crippen LogP) is 3.89. The number of fused-ring (bicyclic) bond motifs is 3. The molecule has 4 heteroatoms. The van der Waals surface area contributed by atoms with Crippen LogP contribution < -0.4 is 0 Å². The molecule has 3 aromatic rings. The summed E-state index contributed by atoms with van der Waals surface area (Å²) in [5.41, 5.74) is 3.63. The van der Waals surface area contributed by atoms with Crippen LogP contribution in [0.2, 0.25) is 0 Å². The van der Waals surface area contributed by atoms with E-state index < -0.39 is 0 Å². The van der Waals surface area contributed by atoms with Gasteiger partial charge in [0.1, 0.15) is 5.65 Å². The minimum Gasteiger partial charge on any atom is -0.271 e. The van der Waals surface area contributed by atoms with Gasteiger partial charge in [-0.2, -0.15) is 0 Å². The Kier molecular flexibility index (Phi) is 2.87. The van der Waals surface area contributed by atoms with Crippen molar-refractivity contribution in [2.24, 2.45) is 0 Å². The van der Waals surface area contributed by atoms with Crippen LogP contribution in [0, 0.1) is 0 Å². The van der Waals surface area contributed by atoms with Crippen LogP contribution in [-0.4, -0.2) is 20.6 Å². The number of hydrogen-bond donors (Lipinski definition) is 0. The van der Waals surface area contributed by atoms with Crippen LogP contribution in [0.4, 0.5) is 0 Å². The summed E-state index contributed by atoms with van der Waals surface area (Å²) in [6.07, 6.45) is 5.56. The molecule has 3 rings (SSSR count). The van der Waals surface area contributed by atoms with Gasteiger partial charge in [-0.3, -0.25) is 4.40 Å². The molecule has 0 atom stereocenters. The Morgan fingerprint density at radius 2 is 1.95 bits per heavy atom. The molecule has 2 heterocycles. The molecular formula is C15H13N3S. The molecule has 0 aliphatic heterocycles. The Hall–Kier alpha value is -2.07. The van der Waals surface area contributed by atoms with E-state index in [1.807, 2.05) is 34.9 Å². The first-order chi connectivity index (χ1) is 9.30. The number of imidazole rings is 1. The second-order valence-electron chi connectivity index (χ2n) is 4.07. The Balaban J connectivity index is 2.60. The second kappa shape index (κ2) is 4.55. The Bertz CT molecular complexity index is 802. The summed E-state index contributed by atoms with van der Waals surface area (Å²) < 4.78 is 2.04. The topological polar surface area (TPSA) is 30.2 Å². The maximum Gasteiger partial charge on any atom is 0.174 e. The molecule has 0 unspecified atom stereocenters. The van der Waals surface area contributed by atoms with E-state index in [0.717, 1.165) is 33.1 Å². The van der Waals surface area contributed by atoms with Crippen molar-refractivity contribution in [2.45, 2.75) is 5.16 Å². The highest BCUT2D eigenvalue weighted by Gasteiger charge is 2.14. The summed E-state index contributed by atoms with van der Waals surface area (Å²) in [6, 6.07) is 8.03. The van der Waals surface area contributed by atoms with Crippen LogP contribution in [0.3, 0.4) is 0 Å². The van der Waals surface area contributed by atoms with Gasteiger partial charge < -0.3 is 0 Å². The molecule has 19 heavy (non-hydrogen) atoms. The molecule has 0 fully saturated rings. The highest BCUT2D eigenvalue weighted by Crippen LogP contribution is 2.27. The van der Waals surface area contributed by atoms with Crippen molar-refractivity contribution in [3.8, 4) is 0 Å².